The standard InChI is InChI=1S/C23H22ClF4NO3S/c1-12-13(2)18(8-5-14(12)6-9-19(30)31)32-11-22(3)20(29-33-21(22)23(26,27)28)15-4-7-16(24)17(25)10-15/h4-5,7-8,10,21H,6,9,11H2,1-3H3,(H,30,31). The Labute approximate surface area is 198 Å². The number of carboxylic acid groups (broad SMARTS) is 1. The molecule has 0 bridgehead atoms. The molecule has 10 heteroatoms. The van der Waals surface area contributed by atoms with Crippen LogP contribution in [-0.2, 0) is 11.2 Å². The van der Waals surface area contributed by atoms with Crippen molar-refractivity contribution in [2.24, 2.45) is 9.81 Å². The van der Waals surface area contributed by atoms with Gasteiger partial charge in [-0.05, 0) is 74.0 Å². The highest BCUT2D eigenvalue weighted by Crippen LogP contribution is 2.50. The fourth-order valence-electron chi connectivity index (χ4n) is 3.79. The summed E-state index contributed by atoms with van der Waals surface area (Å²) in [5.41, 5.74) is 1.06. The van der Waals surface area contributed by atoms with Crippen molar-refractivity contribution >= 4 is 35.2 Å². The Kier molecular flexibility index (Phi) is 7.33. The van der Waals surface area contributed by atoms with Crippen LogP contribution in [-0.4, -0.2) is 34.8 Å². The molecule has 0 amide bonds. The first-order valence-electron chi connectivity index (χ1n) is 10.0. The van der Waals surface area contributed by atoms with E-state index < -0.39 is 28.6 Å². The number of carboxylic acids is 1. The number of nitrogens with zero attached hydrogens (tertiary/aromatic N) is 1. The molecule has 0 radical (unpaired) electrons. The normalized spacial score (nSPS) is 20.6. The molecule has 2 aromatic carbocycles. The van der Waals surface area contributed by atoms with E-state index >= 15 is 0 Å². The number of aryl methyl sites for hydroxylation is 1. The molecule has 0 saturated heterocycles. The number of alkyl halides is 3. The van der Waals surface area contributed by atoms with Crippen molar-refractivity contribution in [1.29, 1.82) is 0 Å². The molecule has 2 unspecified atom stereocenters. The fourth-order valence-corrected chi connectivity index (χ4v) is 4.96. The zero-order valence-corrected chi connectivity index (χ0v) is 19.7. The maximum Gasteiger partial charge on any atom is 0.403 e. The van der Waals surface area contributed by atoms with Gasteiger partial charge < -0.3 is 9.84 Å². The van der Waals surface area contributed by atoms with E-state index in [2.05, 4.69) is 4.40 Å². The van der Waals surface area contributed by atoms with Crippen LogP contribution in [0, 0.1) is 25.1 Å². The molecule has 0 saturated carbocycles. The Bertz CT molecular complexity index is 1110. The molecular formula is C23H22ClF4NO3S. The van der Waals surface area contributed by atoms with E-state index in [-0.39, 0.29) is 29.3 Å². The molecule has 3 rings (SSSR count). The number of carbonyl (C=O) groups is 1. The van der Waals surface area contributed by atoms with Gasteiger partial charge in [0.25, 0.3) is 0 Å². The zero-order valence-electron chi connectivity index (χ0n) is 18.1. The molecule has 0 aromatic heterocycles. The summed E-state index contributed by atoms with van der Waals surface area (Å²) in [5, 5.41) is 6.89. The molecular weight excluding hydrogens is 482 g/mol. The molecule has 0 aliphatic carbocycles. The maximum atomic E-state index is 14.0. The first-order valence-corrected chi connectivity index (χ1v) is 11.3. The molecule has 1 heterocycles. The smallest absolute Gasteiger partial charge is 0.403 e. The highest BCUT2D eigenvalue weighted by molar-refractivity contribution is 7.99. The molecule has 1 N–H and O–H groups in total. The lowest BCUT2D eigenvalue weighted by Crippen LogP contribution is -2.47. The van der Waals surface area contributed by atoms with E-state index in [9.17, 15) is 22.4 Å². The van der Waals surface area contributed by atoms with Gasteiger partial charge in [-0.25, -0.2) is 8.79 Å². The average Bonchev–Trinajstić information content (AvgIpc) is 3.08. The SMILES string of the molecule is Cc1c(CCC(=O)O)ccc(OCC2(C)C(c3ccc(Cl)c(F)c3)=NSC2C(F)(F)F)c1C. The third-order valence-corrected chi connectivity index (χ3v) is 7.44. The number of hydrogen-bond donors (Lipinski definition) is 1. The van der Waals surface area contributed by atoms with E-state index in [4.69, 9.17) is 21.4 Å². The van der Waals surface area contributed by atoms with E-state index in [1.165, 1.54) is 19.1 Å². The quantitative estimate of drug-likeness (QED) is 0.342. The summed E-state index contributed by atoms with van der Waals surface area (Å²) in [6, 6.07) is 7.15. The van der Waals surface area contributed by atoms with Crippen LogP contribution < -0.4 is 4.74 Å². The predicted octanol–water partition coefficient (Wildman–Crippen LogP) is 6.58. The van der Waals surface area contributed by atoms with Crippen molar-refractivity contribution in [1.82, 2.24) is 0 Å². The highest BCUT2D eigenvalue weighted by Gasteiger charge is 2.58. The van der Waals surface area contributed by atoms with Crippen LogP contribution in [0.4, 0.5) is 17.6 Å². The predicted molar refractivity (Wildman–Crippen MR) is 121 cm³/mol. The third-order valence-electron chi connectivity index (χ3n) is 5.84. The number of benzene rings is 2. The van der Waals surface area contributed by atoms with Crippen LogP contribution in [0.1, 0.15) is 35.6 Å². The lowest BCUT2D eigenvalue weighted by Gasteiger charge is -2.33. The summed E-state index contributed by atoms with van der Waals surface area (Å²) in [7, 11) is 0. The molecule has 4 nitrogen and oxygen atoms in total. The first-order chi connectivity index (χ1) is 15.3. The monoisotopic (exact) mass is 503 g/mol. The fraction of sp³-hybridized carbons (Fsp3) is 0.391. The highest BCUT2D eigenvalue weighted by atomic mass is 35.5. The van der Waals surface area contributed by atoms with Crippen molar-refractivity contribution in [2.75, 3.05) is 6.61 Å². The minimum absolute atomic E-state index is 0.0273. The Morgan fingerprint density at radius 1 is 1.24 bits per heavy atom. The lowest BCUT2D eigenvalue weighted by molar-refractivity contribution is -0.144. The van der Waals surface area contributed by atoms with E-state index in [1.54, 1.807) is 19.1 Å². The van der Waals surface area contributed by atoms with Gasteiger partial charge in [-0.2, -0.15) is 13.2 Å². The molecule has 0 fully saturated rings. The Morgan fingerprint density at radius 2 is 1.94 bits per heavy atom. The van der Waals surface area contributed by atoms with Gasteiger partial charge >= 0.3 is 12.1 Å². The summed E-state index contributed by atoms with van der Waals surface area (Å²) < 4.78 is 65.6. The van der Waals surface area contributed by atoms with Gasteiger partial charge in [0.15, 0.2) is 0 Å². The van der Waals surface area contributed by atoms with Crippen molar-refractivity contribution in [3.63, 3.8) is 0 Å². The van der Waals surface area contributed by atoms with Crippen LogP contribution in [0.3, 0.4) is 0 Å². The average molecular weight is 504 g/mol. The van der Waals surface area contributed by atoms with Crippen molar-refractivity contribution in [2.45, 2.75) is 45.0 Å². The van der Waals surface area contributed by atoms with Crippen molar-refractivity contribution in [3.8, 4) is 5.75 Å². The van der Waals surface area contributed by atoms with Crippen LogP contribution in [0.15, 0.2) is 34.7 Å². The maximum absolute atomic E-state index is 14.0. The summed E-state index contributed by atoms with van der Waals surface area (Å²) in [6.07, 6.45) is -4.25. The molecule has 2 atom stereocenters. The number of aliphatic carboxylic acids is 1. The summed E-state index contributed by atoms with van der Waals surface area (Å²) in [6.45, 7) is 4.64. The van der Waals surface area contributed by atoms with E-state index in [0.29, 0.717) is 29.7 Å². The van der Waals surface area contributed by atoms with Gasteiger partial charge in [0, 0.05) is 12.0 Å². The minimum Gasteiger partial charge on any atom is -0.492 e. The number of rotatable bonds is 7. The van der Waals surface area contributed by atoms with Crippen molar-refractivity contribution < 1.29 is 32.2 Å². The van der Waals surface area contributed by atoms with E-state index in [1.807, 2.05) is 6.92 Å². The second kappa shape index (κ2) is 9.54. The van der Waals surface area contributed by atoms with Gasteiger partial charge in [0.2, 0.25) is 0 Å². The third kappa shape index (κ3) is 5.30. The minimum atomic E-state index is -4.56. The number of hydrogen-bond acceptors (Lipinski definition) is 4. The Hall–Kier alpha value is -2.26. The largest absolute Gasteiger partial charge is 0.492 e. The second-order valence-electron chi connectivity index (χ2n) is 8.17. The van der Waals surface area contributed by atoms with Gasteiger partial charge in [-0.15, -0.1) is 0 Å². The Morgan fingerprint density at radius 3 is 2.55 bits per heavy atom. The molecule has 1 aliphatic heterocycles. The van der Waals surface area contributed by atoms with Crippen LogP contribution in [0.5, 0.6) is 5.75 Å². The van der Waals surface area contributed by atoms with Gasteiger partial charge in [0.1, 0.15) is 23.4 Å². The van der Waals surface area contributed by atoms with Gasteiger partial charge in [0.05, 0.1) is 16.1 Å². The van der Waals surface area contributed by atoms with Crippen molar-refractivity contribution in [3.05, 3.63) is 63.4 Å². The molecule has 1 aliphatic rings. The second-order valence-corrected chi connectivity index (χ2v) is 9.44. The van der Waals surface area contributed by atoms with Gasteiger partial charge in [-0.1, -0.05) is 23.7 Å². The van der Waals surface area contributed by atoms with E-state index in [0.717, 1.165) is 17.2 Å². The molecule has 178 valence electrons. The van der Waals surface area contributed by atoms with Crippen LogP contribution in [0.2, 0.25) is 5.02 Å². The number of halogens is 5. The summed E-state index contributed by atoms with van der Waals surface area (Å²) >= 11 is 6.12. The molecule has 2 aromatic rings. The van der Waals surface area contributed by atoms with Gasteiger partial charge in [-0.3, -0.25) is 4.79 Å². The summed E-state index contributed by atoms with van der Waals surface area (Å²) in [5.74, 6) is -1.26. The molecule has 0 spiro atoms. The topological polar surface area (TPSA) is 58.9 Å². The lowest BCUT2D eigenvalue weighted by atomic mass is 9.78. The Balaban J connectivity index is 1.91. The summed E-state index contributed by atoms with van der Waals surface area (Å²) in [4.78, 5) is 10.9. The van der Waals surface area contributed by atoms with Crippen LogP contribution >= 0.6 is 23.5 Å². The molecule has 33 heavy (non-hydrogen) atoms. The van der Waals surface area contributed by atoms with Crippen LogP contribution in [0.25, 0.3) is 0 Å². The first kappa shape index (κ1) is 25.4. The number of ether oxygens (including phenoxy) is 1. The zero-order chi connectivity index (χ0) is 24.6.